The Hall–Kier alpha value is -1.76. The first-order valence-electron chi connectivity index (χ1n) is 11.4. The van der Waals surface area contributed by atoms with Gasteiger partial charge in [-0.3, -0.25) is 0 Å². The van der Waals surface area contributed by atoms with Crippen molar-refractivity contribution in [2.24, 2.45) is 13.0 Å². The Bertz CT molecular complexity index is 1130. The van der Waals surface area contributed by atoms with Crippen LogP contribution >= 0.6 is 23.2 Å². The fourth-order valence-electron chi connectivity index (χ4n) is 5.29. The van der Waals surface area contributed by atoms with Gasteiger partial charge in [-0.2, -0.15) is 0 Å². The molecule has 3 unspecified atom stereocenters. The number of aryl methyl sites for hydroxylation is 1. The monoisotopic (exact) mass is 489 g/mol. The van der Waals surface area contributed by atoms with Crippen LogP contribution in [-0.4, -0.2) is 48.4 Å². The van der Waals surface area contributed by atoms with Crippen molar-refractivity contribution in [3.8, 4) is 5.75 Å². The Morgan fingerprint density at radius 1 is 1.24 bits per heavy atom. The summed E-state index contributed by atoms with van der Waals surface area (Å²) in [5, 5.41) is 17.9. The molecule has 0 saturated heterocycles. The molecule has 1 aliphatic rings. The molecular weight excluding hydrogens is 457 g/mol. The second-order valence-electron chi connectivity index (χ2n) is 9.51. The van der Waals surface area contributed by atoms with Gasteiger partial charge in [0.2, 0.25) is 0 Å². The highest BCUT2D eigenvalue weighted by atomic mass is 35.5. The van der Waals surface area contributed by atoms with Crippen LogP contribution in [-0.2, 0) is 19.2 Å². The van der Waals surface area contributed by atoms with E-state index in [0.717, 1.165) is 53.7 Å². The number of ether oxygens (including phenoxy) is 1. The van der Waals surface area contributed by atoms with Crippen molar-refractivity contribution in [2.45, 2.75) is 37.5 Å². The maximum absolute atomic E-state index is 11.8. The highest BCUT2D eigenvalue weighted by molar-refractivity contribution is 6.38. The van der Waals surface area contributed by atoms with Crippen molar-refractivity contribution in [1.29, 1.82) is 0 Å². The number of aliphatic hydroxyl groups is 1. The van der Waals surface area contributed by atoms with E-state index >= 15 is 0 Å². The molecule has 2 aromatic carbocycles. The third-order valence-electron chi connectivity index (χ3n) is 6.94. The minimum atomic E-state index is -0.878. The van der Waals surface area contributed by atoms with Crippen LogP contribution in [0, 0.1) is 5.92 Å². The average Bonchev–Trinajstić information content (AvgIpc) is 3.09. The largest absolute Gasteiger partial charge is 0.497 e. The lowest BCUT2D eigenvalue weighted by Gasteiger charge is -2.45. The third kappa shape index (κ3) is 5.03. The molecule has 0 amide bonds. The second kappa shape index (κ2) is 9.85. The molecule has 5 nitrogen and oxygen atoms in total. The van der Waals surface area contributed by atoms with Gasteiger partial charge in [0.25, 0.3) is 0 Å². The molecule has 2 N–H and O–H groups in total. The third-order valence-corrected chi connectivity index (χ3v) is 7.46. The lowest BCUT2D eigenvalue weighted by atomic mass is 9.69. The Balaban J connectivity index is 1.53. The van der Waals surface area contributed by atoms with Gasteiger partial charge in [0, 0.05) is 48.7 Å². The number of halogens is 2. The van der Waals surface area contributed by atoms with Crippen LogP contribution in [0.1, 0.15) is 30.4 Å². The predicted molar refractivity (Wildman–Crippen MR) is 136 cm³/mol. The van der Waals surface area contributed by atoms with Crippen LogP contribution in [0.5, 0.6) is 5.75 Å². The van der Waals surface area contributed by atoms with E-state index < -0.39 is 5.60 Å². The van der Waals surface area contributed by atoms with Crippen molar-refractivity contribution in [3.63, 3.8) is 0 Å². The molecule has 0 aliphatic heterocycles. The van der Waals surface area contributed by atoms with Crippen LogP contribution in [0.2, 0.25) is 10.0 Å². The van der Waals surface area contributed by atoms with Gasteiger partial charge in [0.05, 0.1) is 23.3 Å². The number of hydrogen-bond acceptors (Lipinski definition) is 4. The van der Waals surface area contributed by atoms with Gasteiger partial charge in [-0.25, -0.2) is 0 Å². The fraction of sp³-hybridized carbons (Fsp3) is 0.462. The number of fused-ring (bicyclic) bond motifs is 1. The minimum absolute atomic E-state index is 0.0979. The summed E-state index contributed by atoms with van der Waals surface area (Å²) in [6, 6.07) is 11.9. The van der Waals surface area contributed by atoms with Crippen LogP contribution in [0.4, 0.5) is 0 Å². The Morgan fingerprint density at radius 2 is 2.03 bits per heavy atom. The molecule has 7 heteroatoms. The van der Waals surface area contributed by atoms with Gasteiger partial charge in [0.15, 0.2) is 0 Å². The topological polar surface area (TPSA) is 49.7 Å². The number of nitrogens with one attached hydrogen (secondary N) is 1. The van der Waals surface area contributed by atoms with Crippen molar-refractivity contribution in [3.05, 3.63) is 63.8 Å². The fourth-order valence-corrected chi connectivity index (χ4v) is 5.90. The Morgan fingerprint density at radius 3 is 2.76 bits per heavy atom. The normalized spacial score (nSPS) is 23.4. The smallest absolute Gasteiger partial charge is 0.119 e. The Kier molecular flexibility index (Phi) is 7.27. The zero-order chi connectivity index (χ0) is 23.8. The minimum Gasteiger partial charge on any atom is -0.497 e. The first kappa shape index (κ1) is 24.4. The zero-order valence-electron chi connectivity index (χ0n) is 19.7. The van der Waals surface area contributed by atoms with E-state index in [0.29, 0.717) is 22.5 Å². The highest BCUT2D eigenvalue weighted by Crippen LogP contribution is 2.43. The highest BCUT2D eigenvalue weighted by Gasteiger charge is 2.43. The van der Waals surface area contributed by atoms with Crippen LogP contribution < -0.4 is 10.1 Å². The predicted octanol–water partition coefficient (Wildman–Crippen LogP) is 5.20. The molecule has 1 aromatic heterocycles. The summed E-state index contributed by atoms with van der Waals surface area (Å²) in [5.74, 6) is 0.874. The molecule has 1 aliphatic carbocycles. The van der Waals surface area contributed by atoms with Crippen molar-refractivity contribution in [2.75, 3.05) is 27.7 Å². The van der Waals surface area contributed by atoms with Gasteiger partial charge in [-0.15, -0.1) is 0 Å². The summed E-state index contributed by atoms with van der Waals surface area (Å²) >= 11 is 12.7. The molecule has 3 aromatic rings. The summed E-state index contributed by atoms with van der Waals surface area (Å²) in [5.41, 5.74) is 2.25. The number of aromatic nitrogens is 1. The van der Waals surface area contributed by atoms with Gasteiger partial charge >= 0.3 is 0 Å². The van der Waals surface area contributed by atoms with E-state index in [1.54, 1.807) is 13.2 Å². The molecule has 0 radical (unpaired) electrons. The maximum atomic E-state index is 11.8. The van der Waals surface area contributed by atoms with Crippen LogP contribution in [0.3, 0.4) is 0 Å². The molecule has 178 valence electrons. The Labute approximate surface area is 206 Å². The summed E-state index contributed by atoms with van der Waals surface area (Å²) in [7, 11) is 7.80. The summed E-state index contributed by atoms with van der Waals surface area (Å²) in [4.78, 5) is 2.16. The van der Waals surface area contributed by atoms with Gasteiger partial charge < -0.3 is 24.6 Å². The second-order valence-corrected chi connectivity index (χ2v) is 10.4. The van der Waals surface area contributed by atoms with Gasteiger partial charge in [-0.1, -0.05) is 35.3 Å². The van der Waals surface area contributed by atoms with Crippen molar-refractivity contribution < 1.29 is 9.84 Å². The van der Waals surface area contributed by atoms with Crippen molar-refractivity contribution in [1.82, 2.24) is 14.8 Å². The molecule has 1 saturated carbocycles. The van der Waals surface area contributed by atoms with Crippen LogP contribution in [0.25, 0.3) is 10.9 Å². The number of benzene rings is 2. The summed E-state index contributed by atoms with van der Waals surface area (Å²) in [6.07, 6.45) is 4.59. The standard InChI is InChI=1S/C26H33Cl2N3O2/c1-30(2)16-19-10-21(8-9-26(19,32)18-6-5-7-22(11-18)33-4)29-14-17-15-31(3)24-13-20(27)12-23(28)25(17)24/h5-7,11-13,15,19,21,29,32H,8-10,14,16H2,1-4H3. The first-order valence-corrected chi connectivity index (χ1v) is 12.1. The molecule has 4 rings (SSSR count). The molecule has 33 heavy (non-hydrogen) atoms. The molecule has 1 heterocycles. The van der Waals surface area contributed by atoms with E-state index in [1.807, 2.05) is 37.4 Å². The van der Waals surface area contributed by atoms with E-state index in [2.05, 4.69) is 35.1 Å². The number of rotatable bonds is 7. The lowest BCUT2D eigenvalue weighted by molar-refractivity contribution is -0.0694. The zero-order valence-corrected chi connectivity index (χ0v) is 21.2. The SMILES string of the molecule is COc1cccc(C2(O)CCC(NCc3cn(C)c4cc(Cl)cc(Cl)c34)CC2CN(C)C)c1. The lowest BCUT2D eigenvalue weighted by Crippen LogP contribution is -2.49. The first-order chi connectivity index (χ1) is 15.7. The molecular formula is C26H33Cl2N3O2. The van der Waals surface area contributed by atoms with Crippen molar-refractivity contribution >= 4 is 34.1 Å². The van der Waals surface area contributed by atoms with E-state index in [1.165, 1.54) is 0 Å². The number of nitrogens with zero attached hydrogens (tertiary/aromatic N) is 2. The quantitative estimate of drug-likeness (QED) is 0.478. The summed E-state index contributed by atoms with van der Waals surface area (Å²) < 4.78 is 7.49. The summed E-state index contributed by atoms with van der Waals surface area (Å²) in [6.45, 7) is 1.53. The van der Waals surface area contributed by atoms with Gasteiger partial charge in [-0.05, 0) is 68.8 Å². The van der Waals surface area contributed by atoms with Crippen LogP contribution in [0.15, 0.2) is 42.6 Å². The molecule has 0 bridgehead atoms. The number of methoxy groups -OCH3 is 1. The van der Waals surface area contributed by atoms with E-state index in [9.17, 15) is 5.11 Å². The average molecular weight is 490 g/mol. The van der Waals surface area contributed by atoms with E-state index in [-0.39, 0.29) is 5.92 Å². The molecule has 0 spiro atoms. The van der Waals surface area contributed by atoms with Gasteiger partial charge in [0.1, 0.15) is 5.75 Å². The number of hydrogen-bond donors (Lipinski definition) is 2. The maximum Gasteiger partial charge on any atom is 0.119 e. The van der Waals surface area contributed by atoms with E-state index in [4.69, 9.17) is 27.9 Å². The molecule has 1 fully saturated rings. The molecule has 3 atom stereocenters.